The fourth-order valence-corrected chi connectivity index (χ4v) is 2.18. The van der Waals surface area contributed by atoms with Crippen molar-refractivity contribution in [1.29, 1.82) is 0 Å². The van der Waals surface area contributed by atoms with E-state index >= 15 is 0 Å². The first-order chi connectivity index (χ1) is 9.10. The zero-order valence-corrected chi connectivity index (χ0v) is 10.7. The highest BCUT2D eigenvalue weighted by atomic mass is 19.1. The van der Waals surface area contributed by atoms with Crippen molar-refractivity contribution in [3.05, 3.63) is 29.8 Å². The van der Waals surface area contributed by atoms with Gasteiger partial charge in [-0.05, 0) is 32.0 Å². The van der Waals surface area contributed by atoms with Gasteiger partial charge in [0, 0.05) is 25.2 Å². The topological polar surface area (TPSA) is 44.4 Å². The van der Waals surface area contributed by atoms with Crippen LogP contribution in [-0.4, -0.2) is 37.1 Å². The molecule has 1 saturated heterocycles. The van der Waals surface area contributed by atoms with Crippen molar-refractivity contribution in [3.63, 3.8) is 0 Å². The first kappa shape index (κ1) is 13.7. The molecule has 2 rings (SSSR count). The monoisotopic (exact) mass is 269 g/mol. The number of likely N-dealkylation sites (N-methyl/N-ethyl adjacent to an activating group) is 1. The van der Waals surface area contributed by atoms with E-state index in [-0.39, 0.29) is 17.8 Å². The second-order valence-electron chi connectivity index (χ2n) is 4.63. The molecule has 1 aliphatic rings. The van der Waals surface area contributed by atoms with E-state index in [9.17, 15) is 13.6 Å². The zero-order chi connectivity index (χ0) is 13.8. The standard InChI is InChI=1S/C13H17F2N3O/c1-16-10-3-2-6-18(8-10)13(19)17-12-5-4-9(14)7-11(12)15/h4-5,7,10,16H,2-3,6,8H2,1H3,(H,17,19). The van der Waals surface area contributed by atoms with Gasteiger partial charge >= 0.3 is 6.03 Å². The summed E-state index contributed by atoms with van der Waals surface area (Å²) in [7, 11) is 1.85. The quantitative estimate of drug-likeness (QED) is 0.864. The predicted octanol–water partition coefficient (Wildman–Crippen LogP) is 2.18. The van der Waals surface area contributed by atoms with Gasteiger partial charge < -0.3 is 15.5 Å². The highest BCUT2D eigenvalue weighted by Gasteiger charge is 2.23. The maximum absolute atomic E-state index is 13.4. The molecule has 1 unspecified atom stereocenters. The number of piperidine rings is 1. The molecule has 2 N–H and O–H groups in total. The van der Waals surface area contributed by atoms with Gasteiger partial charge in [0.15, 0.2) is 0 Å². The molecule has 0 radical (unpaired) electrons. The maximum atomic E-state index is 13.4. The van der Waals surface area contributed by atoms with E-state index in [1.807, 2.05) is 7.05 Å². The molecule has 104 valence electrons. The van der Waals surface area contributed by atoms with Gasteiger partial charge in [0.25, 0.3) is 0 Å². The van der Waals surface area contributed by atoms with E-state index < -0.39 is 11.6 Å². The van der Waals surface area contributed by atoms with Crippen LogP contribution in [-0.2, 0) is 0 Å². The highest BCUT2D eigenvalue weighted by Crippen LogP contribution is 2.17. The second-order valence-corrected chi connectivity index (χ2v) is 4.63. The molecule has 19 heavy (non-hydrogen) atoms. The average Bonchev–Trinajstić information content (AvgIpc) is 2.42. The summed E-state index contributed by atoms with van der Waals surface area (Å²) in [6.07, 6.45) is 1.93. The Hall–Kier alpha value is -1.69. The van der Waals surface area contributed by atoms with Crippen molar-refractivity contribution in [3.8, 4) is 0 Å². The van der Waals surface area contributed by atoms with E-state index in [1.54, 1.807) is 4.90 Å². The number of nitrogens with one attached hydrogen (secondary N) is 2. The van der Waals surface area contributed by atoms with Crippen LogP contribution in [0.25, 0.3) is 0 Å². The largest absolute Gasteiger partial charge is 0.323 e. The smallest absolute Gasteiger partial charge is 0.321 e. The number of hydrogen-bond acceptors (Lipinski definition) is 2. The fraction of sp³-hybridized carbons (Fsp3) is 0.462. The summed E-state index contributed by atoms with van der Waals surface area (Å²) in [4.78, 5) is 13.6. The summed E-state index contributed by atoms with van der Waals surface area (Å²) in [5.41, 5.74) is -0.00187. The highest BCUT2D eigenvalue weighted by molar-refractivity contribution is 5.89. The van der Waals surface area contributed by atoms with Gasteiger partial charge in [-0.25, -0.2) is 13.6 Å². The number of benzene rings is 1. The first-order valence-corrected chi connectivity index (χ1v) is 6.28. The van der Waals surface area contributed by atoms with Gasteiger partial charge in [-0.15, -0.1) is 0 Å². The number of carbonyl (C=O) groups is 1. The third-order valence-corrected chi connectivity index (χ3v) is 3.29. The van der Waals surface area contributed by atoms with Gasteiger partial charge in [-0.2, -0.15) is 0 Å². The van der Waals surface area contributed by atoms with Crippen LogP contribution in [0.15, 0.2) is 18.2 Å². The van der Waals surface area contributed by atoms with Crippen molar-refractivity contribution in [2.45, 2.75) is 18.9 Å². The van der Waals surface area contributed by atoms with Crippen molar-refractivity contribution in [1.82, 2.24) is 10.2 Å². The SMILES string of the molecule is CNC1CCCN(C(=O)Nc2ccc(F)cc2F)C1. The molecule has 1 atom stereocenters. The van der Waals surface area contributed by atoms with E-state index in [1.165, 1.54) is 6.07 Å². The lowest BCUT2D eigenvalue weighted by atomic mass is 10.1. The summed E-state index contributed by atoms with van der Waals surface area (Å²) in [6, 6.07) is 3.00. The van der Waals surface area contributed by atoms with Crippen LogP contribution in [0.4, 0.5) is 19.3 Å². The Labute approximate surface area is 110 Å². The first-order valence-electron chi connectivity index (χ1n) is 6.28. The van der Waals surface area contributed by atoms with Gasteiger partial charge in [-0.3, -0.25) is 0 Å². The minimum atomic E-state index is -0.768. The van der Waals surface area contributed by atoms with Crippen LogP contribution in [0.2, 0.25) is 0 Å². The number of amides is 2. The van der Waals surface area contributed by atoms with Crippen molar-refractivity contribution in [2.75, 3.05) is 25.5 Å². The third kappa shape index (κ3) is 3.41. The van der Waals surface area contributed by atoms with E-state index in [0.29, 0.717) is 13.1 Å². The Morgan fingerprint density at radius 2 is 2.21 bits per heavy atom. The molecule has 4 nitrogen and oxygen atoms in total. The summed E-state index contributed by atoms with van der Waals surface area (Å²) in [6.45, 7) is 1.23. The van der Waals surface area contributed by atoms with Gasteiger partial charge in [0.2, 0.25) is 0 Å². The Kier molecular flexibility index (Phi) is 4.31. The lowest BCUT2D eigenvalue weighted by Gasteiger charge is -2.32. The van der Waals surface area contributed by atoms with Crippen LogP contribution in [0.1, 0.15) is 12.8 Å². The molecule has 0 aliphatic carbocycles. The zero-order valence-electron chi connectivity index (χ0n) is 10.7. The minimum absolute atomic E-state index is 0.00187. The number of rotatable bonds is 2. The van der Waals surface area contributed by atoms with Crippen molar-refractivity contribution >= 4 is 11.7 Å². The molecule has 0 bridgehead atoms. The number of nitrogens with zero attached hydrogens (tertiary/aromatic N) is 1. The number of carbonyl (C=O) groups excluding carboxylic acids is 1. The number of anilines is 1. The molecule has 2 amide bonds. The summed E-state index contributed by atoms with van der Waals surface area (Å²) < 4.78 is 26.2. The maximum Gasteiger partial charge on any atom is 0.321 e. The molecule has 0 aromatic heterocycles. The molecule has 0 spiro atoms. The Bertz CT molecular complexity index is 467. The van der Waals surface area contributed by atoms with Gasteiger partial charge in [0.05, 0.1) is 5.69 Å². The molecule has 1 aromatic rings. The van der Waals surface area contributed by atoms with Gasteiger partial charge in [0.1, 0.15) is 11.6 Å². The fourth-order valence-electron chi connectivity index (χ4n) is 2.18. The van der Waals surface area contributed by atoms with Crippen LogP contribution in [0.5, 0.6) is 0 Å². The third-order valence-electron chi connectivity index (χ3n) is 3.29. The molecule has 1 aliphatic heterocycles. The Morgan fingerprint density at radius 3 is 2.89 bits per heavy atom. The van der Waals surface area contributed by atoms with Crippen LogP contribution >= 0.6 is 0 Å². The lowest BCUT2D eigenvalue weighted by Crippen LogP contribution is -2.48. The lowest BCUT2D eigenvalue weighted by molar-refractivity contribution is 0.187. The molecular formula is C13H17F2N3O. The Morgan fingerprint density at radius 1 is 1.42 bits per heavy atom. The molecule has 1 heterocycles. The molecular weight excluding hydrogens is 252 g/mol. The van der Waals surface area contributed by atoms with E-state index in [0.717, 1.165) is 25.0 Å². The number of likely N-dealkylation sites (tertiary alicyclic amines) is 1. The van der Waals surface area contributed by atoms with Crippen molar-refractivity contribution < 1.29 is 13.6 Å². The number of urea groups is 1. The van der Waals surface area contributed by atoms with Crippen LogP contribution in [0, 0.1) is 11.6 Å². The van der Waals surface area contributed by atoms with Crippen LogP contribution < -0.4 is 10.6 Å². The van der Waals surface area contributed by atoms with E-state index in [2.05, 4.69) is 10.6 Å². The number of halogens is 2. The molecule has 1 aromatic carbocycles. The van der Waals surface area contributed by atoms with E-state index in [4.69, 9.17) is 0 Å². The summed E-state index contributed by atoms with van der Waals surface area (Å²) in [5.74, 6) is -1.43. The van der Waals surface area contributed by atoms with Gasteiger partial charge in [-0.1, -0.05) is 0 Å². The van der Waals surface area contributed by atoms with Crippen molar-refractivity contribution in [2.24, 2.45) is 0 Å². The second kappa shape index (κ2) is 5.97. The Balaban J connectivity index is 2.00. The summed E-state index contributed by atoms with van der Waals surface area (Å²) >= 11 is 0. The summed E-state index contributed by atoms with van der Waals surface area (Å²) in [5, 5.41) is 5.60. The molecule has 6 heteroatoms. The number of hydrogen-bond donors (Lipinski definition) is 2. The molecule has 1 fully saturated rings. The van der Waals surface area contributed by atoms with Crippen LogP contribution in [0.3, 0.4) is 0 Å². The minimum Gasteiger partial charge on any atom is -0.323 e. The normalized spacial score (nSPS) is 19.3. The average molecular weight is 269 g/mol. The molecule has 0 saturated carbocycles. The predicted molar refractivity (Wildman–Crippen MR) is 69.0 cm³/mol.